The van der Waals surface area contributed by atoms with Gasteiger partial charge in [0, 0.05) is 40.5 Å². The Hall–Kier alpha value is -7.71. The normalized spacial score (nSPS) is 21.8. The van der Waals surface area contributed by atoms with Gasteiger partial charge in [0.2, 0.25) is 11.8 Å². The Bertz CT molecular complexity index is 2830. The van der Waals surface area contributed by atoms with Crippen LogP contribution in [0.25, 0.3) is 0 Å². The second-order valence-corrected chi connectivity index (χ2v) is 20.6. The summed E-state index contributed by atoms with van der Waals surface area (Å²) in [6.07, 6.45) is 20.4. The number of amides is 4. The Morgan fingerprint density at radius 1 is 0.797 bits per heavy atom. The maximum Gasteiger partial charge on any atom is 0.353 e. The largest absolute Gasteiger partial charge is 0.493 e. The first kappa shape index (κ1) is 62.1. The molecular weight excluding hydrogens is 1050 g/mol. The second-order valence-electron chi connectivity index (χ2n) is 18.8. The number of hydrogen-bond donors (Lipinski definition) is 6. The van der Waals surface area contributed by atoms with E-state index in [1.807, 2.05) is 13.8 Å². The molecule has 5 rings (SSSR count). The fraction of sp³-hybridized carbons (Fsp3) is 0.390. The van der Waals surface area contributed by atoms with Crippen molar-refractivity contribution in [2.45, 2.75) is 102 Å². The predicted molar refractivity (Wildman–Crippen MR) is 302 cm³/mol. The van der Waals surface area contributed by atoms with Gasteiger partial charge in [-0.1, -0.05) is 82.7 Å². The monoisotopic (exact) mass is 1120 g/mol. The number of carbonyl (C=O) groups excluding carboxylic acids is 6. The lowest BCUT2D eigenvalue weighted by Gasteiger charge is -2.64. The number of carboxylic acid groups (broad SMARTS) is 2. The first-order chi connectivity index (χ1) is 37.9. The quantitative estimate of drug-likeness (QED) is 0.0211. The molecular formula is C59H70N4O14S2. The molecule has 0 radical (unpaired) electrons. The number of carbonyl (C=O) groups is 8. The number of ether oxygens (including phenoxy) is 4. The van der Waals surface area contributed by atoms with Crippen molar-refractivity contribution in [2.24, 2.45) is 23.7 Å². The number of nitrogens with one attached hydrogen (secondary N) is 4. The lowest BCUT2D eigenvalue weighted by molar-refractivity contribution is -0.192. The summed E-state index contributed by atoms with van der Waals surface area (Å²) in [7, 11) is 2.49. The molecule has 4 amide bonds. The molecule has 5 atom stereocenters. The van der Waals surface area contributed by atoms with Crippen LogP contribution in [0.4, 0.5) is 5.69 Å². The third-order valence-electron chi connectivity index (χ3n) is 14.3. The van der Waals surface area contributed by atoms with Crippen LogP contribution in [0.15, 0.2) is 149 Å². The number of hydrogen-bond acceptors (Lipinski definition) is 14. The predicted octanol–water partition coefficient (Wildman–Crippen LogP) is 9.46. The summed E-state index contributed by atoms with van der Waals surface area (Å²) in [6.45, 7) is 12.7. The van der Waals surface area contributed by atoms with E-state index in [4.69, 9.17) is 18.9 Å². The fourth-order valence-corrected chi connectivity index (χ4v) is 11.2. The lowest BCUT2D eigenvalue weighted by Crippen LogP contribution is -2.88. The number of allylic oxidation sites excluding steroid dienone is 7. The highest BCUT2D eigenvalue weighted by Gasteiger charge is 2.78. The zero-order chi connectivity index (χ0) is 57.9. The van der Waals surface area contributed by atoms with Crippen molar-refractivity contribution in [3.05, 3.63) is 160 Å². The Balaban J connectivity index is 1.68. The highest BCUT2D eigenvalue weighted by molar-refractivity contribution is 8.03. The molecule has 3 aliphatic carbocycles. The zero-order valence-corrected chi connectivity index (χ0v) is 46.9. The van der Waals surface area contributed by atoms with Crippen LogP contribution < -0.4 is 21.3 Å². The maximum absolute atomic E-state index is 14.7. The van der Waals surface area contributed by atoms with E-state index in [0.29, 0.717) is 18.5 Å². The van der Waals surface area contributed by atoms with Gasteiger partial charge < -0.3 is 50.4 Å². The summed E-state index contributed by atoms with van der Waals surface area (Å²) in [5.74, 6) is -11.8. The molecule has 1 heterocycles. The third kappa shape index (κ3) is 14.7. The van der Waals surface area contributed by atoms with Gasteiger partial charge in [0.15, 0.2) is 23.0 Å². The smallest absolute Gasteiger partial charge is 0.353 e. The molecule has 2 saturated carbocycles. The van der Waals surface area contributed by atoms with Crippen LogP contribution in [0.1, 0.15) is 105 Å². The van der Waals surface area contributed by atoms with Gasteiger partial charge in [0.05, 0.1) is 25.2 Å². The van der Waals surface area contributed by atoms with Crippen LogP contribution in [-0.4, -0.2) is 95.3 Å². The summed E-state index contributed by atoms with van der Waals surface area (Å²) in [6, 6.07) is 8.38. The van der Waals surface area contributed by atoms with Gasteiger partial charge in [-0.25, -0.2) is 19.2 Å². The van der Waals surface area contributed by atoms with E-state index in [2.05, 4.69) is 34.4 Å². The summed E-state index contributed by atoms with van der Waals surface area (Å²) in [5.41, 5.74) is -4.88. The van der Waals surface area contributed by atoms with Gasteiger partial charge in [-0.05, 0) is 124 Å². The van der Waals surface area contributed by atoms with E-state index in [1.165, 1.54) is 93.2 Å². The van der Waals surface area contributed by atoms with Crippen LogP contribution in [0.5, 0.6) is 0 Å². The molecule has 2 fully saturated rings. The number of thioether (sulfide) groups is 1. The Kier molecular flexibility index (Phi) is 23.1. The van der Waals surface area contributed by atoms with E-state index >= 15 is 0 Å². The molecule has 0 saturated heterocycles. The average molecular weight is 1120 g/mol. The number of esters is 2. The van der Waals surface area contributed by atoms with Crippen molar-refractivity contribution in [1.82, 2.24) is 16.0 Å². The molecule has 18 nitrogen and oxygen atoms in total. The minimum absolute atomic E-state index is 0.00718. The van der Waals surface area contributed by atoms with Crippen LogP contribution in [0.3, 0.4) is 0 Å². The Morgan fingerprint density at radius 2 is 1.39 bits per heavy atom. The number of thiophene rings is 1. The van der Waals surface area contributed by atoms with E-state index in [9.17, 15) is 48.6 Å². The summed E-state index contributed by atoms with van der Waals surface area (Å²) in [5, 5.41) is 36.3. The van der Waals surface area contributed by atoms with Gasteiger partial charge in [-0.15, -0.1) is 23.1 Å². The standard InChI is InChI=1S/C59H70N4O14S2/c1-9-18-45(77-55(69)47-22-17-35-79-47)44(75-7)32-34-49-58(56(70)71,62-52(66)38-23-27-40(28-24-38)60-50(64)36(11-3)12-4)48(33-31-43(74-6)42(13-5)76-54(68)46(78-8)19-10-2)59(49,57(72)73)63-53(67)39-25-29-41(30-26-39)61-51(65)37-20-15-14-16-21-37/h9-10,13,17-19,22-29,31-32,35-37,41,48-49H,1-2,11-12,14-16,20-21,30,33-34H2,3-8H3,(H,60,64)(H,61,65)(H,62,66)(H,63,67)(H,70,71)(H,72,73)/b42-13+,43-31+,44-32+,45-18+,46-19-. The molecule has 1 aromatic heterocycles. The van der Waals surface area contributed by atoms with Crippen LogP contribution in [-0.2, 0) is 47.7 Å². The maximum atomic E-state index is 14.7. The highest BCUT2D eigenvalue weighted by atomic mass is 32.2. The SMILES string of the molecule is C=C/C=C(\SC)C(=O)OC(=C/C)/C(=C\CC1C(NC(=O)C2=CCC(NC(=O)C3CCCCC3)C=C2)(C(=O)O)C(C/C=C(OC)\C(=C/C=C)OC(=O)c2cccs2)C1(NC(=O)c1ccc(NC(=O)C(CC)CC)cc1)C(=O)O)OC. The number of aliphatic carboxylic acids is 2. The molecule has 422 valence electrons. The zero-order valence-electron chi connectivity index (χ0n) is 45.3. The minimum atomic E-state index is -2.59. The van der Waals surface area contributed by atoms with E-state index in [1.54, 1.807) is 36.8 Å². The van der Waals surface area contributed by atoms with Gasteiger partial charge in [-0.3, -0.25) is 19.2 Å². The van der Waals surface area contributed by atoms with Crippen molar-refractivity contribution >= 4 is 76.3 Å². The summed E-state index contributed by atoms with van der Waals surface area (Å²) in [4.78, 5) is 111. The summed E-state index contributed by atoms with van der Waals surface area (Å²) >= 11 is 2.19. The number of carboxylic acids is 2. The molecule has 0 spiro atoms. The molecule has 2 aromatic rings. The van der Waals surface area contributed by atoms with Gasteiger partial charge in [-0.2, -0.15) is 0 Å². The third-order valence-corrected chi connectivity index (χ3v) is 15.9. The topological polar surface area (TPSA) is 262 Å². The number of benzene rings is 1. The summed E-state index contributed by atoms with van der Waals surface area (Å²) < 4.78 is 22.8. The van der Waals surface area contributed by atoms with E-state index < -0.39 is 77.5 Å². The van der Waals surface area contributed by atoms with Crippen LogP contribution in [0.2, 0.25) is 0 Å². The van der Waals surface area contributed by atoms with E-state index in [0.717, 1.165) is 55.2 Å². The lowest BCUT2D eigenvalue weighted by atomic mass is 9.44. The number of anilines is 1. The molecule has 1 aromatic carbocycles. The Morgan fingerprint density at radius 3 is 1.89 bits per heavy atom. The average Bonchev–Trinajstić information content (AvgIpc) is 3.64. The molecule has 5 unspecified atom stereocenters. The van der Waals surface area contributed by atoms with Crippen molar-refractivity contribution in [3.63, 3.8) is 0 Å². The van der Waals surface area contributed by atoms with Crippen molar-refractivity contribution in [1.29, 1.82) is 0 Å². The molecule has 3 aliphatic rings. The van der Waals surface area contributed by atoms with Gasteiger partial charge in [0.1, 0.15) is 16.0 Å². The second kappa shape index (κ2) is 29.3. The first-order valence-electron chi connectivity index (χ1n) is 26.0. The Labute approximate surface area is 468 Å². The van der Waals surface area contributed by atoms with Crippen molar-refractivity contribution in [3.8, 4) is 0 Å². The van der Waals surface area contributed by atoms with Gasteiger partial charge in [0.25, 0.3) is 11.8 Å². The highest BCUT2D eigenvalue weighted by Crippen LogP contribution is 2.57. The van der Waals surface area contributed by atoms with Crippen molar-refractivity contribution < 1.29 is 67.5 Å². The van der Waals surface area contributed by atoms with Crippen molar-refractivity contribution in [2.75, 3.05) is 25.8 Å². The van der Waals surface area contributed by atoms with Crippen LogP contribution >= 0.6 is 23.1 Å². The van der Waals surface area contributed by atoms with Crippen LogP contribution in [0, 0.1) is 23.7 Å². The fourth-order valence-electron chi connectivity index (χ4n) is 10.2. The molecule has 6 N–H and O–H groups in total. The van der Waals surface area contributed by atoms with E-state index in [-0.39, 0.29) is 74.0 Å². The molecule has 20 heteroatoms. The molecule has 0 aliphatic heterocycles. The molecule has 0 bridgehead atoms. The molecule has 79 heavy (non-hydrogen) atoms. The van der Waals surface area contributed by atoms with Gasteiger partial charge >= 0.3 is 23.9 Å². The minimum Gasteiger partial charge on any atom is -0.493 e. The number of rotatable bonds is 27. The number of methoxy groups -OCH3 is 2. The first-order valence-corrected chi connectivity index (χ1v) is 28.1.